The second kappa shape index (κ2) is 24.4. The maximum Gasteiger partial charge on any atom is 0.323 e. The number of nitrogens with one attached hydrogen (secondary N) is 1. The van der Waals surface area contributed by atoms with Gasteiger partial charge in [0.15, 0.2) is 11.5 Å². The molecular weight excluding hydrogens is 635 g/mol. The number of unbranched alkanes of at least 4 members (excludes halogenated alkanes) is 13. The Balaban J connectivity index is 1.64. The standard InChI is InChI=1S/C34H63N6O5PS/c1-6-7-8-9-10-11-12-13-14-15-16-17-18-19-22-47-23-20-21-44-46(42,39-30(5)34(41)45-28(2)3)27-43-29(4)24-40-26-38-31-32(35)36-25-37-33(31)40/h25-26,28-30H,6-24,27H2,1-5H3,(H,39,42)(H2,35,36,37)/t29-,30+,46+/m1/s1. The molecule has 2 aromatic rings. The molecule has 0 radical (unpaired) electrons. The van der Waals surface area contributed by atoms with Gasteiger partial charge in [-0.25, -0.2) is 20.0 Å². The van der Waals surface area contributed by atoms with Crippen molar-refractivity contribution in [1.29, 1.82) is 0 Å². The fourth-order valence-electron chi connectivity index (χ4n) is 5.26. The molecule has 13 heteroatoms. The number of hydrogen-bond donors (Lipinski definition) is 2. The van der Waals surface area contributed by atoms with E-state index in [0.29, 0.717) is 30.1 Å². The summed E-state index contributed by atoms with van der Waals surface area (Å²) in [6.45, 7) is 10.0. The van der Waals surface area contributed by atoms with Crippen molar-refractivity contribution < 1.29 is 23.4 Å². The lowest BCUT2D eigenvalue weighted by Gasteiger charge is -2.25. The van der Waals surface area contributed by atoms with Crippen molar-refractivity contribution in [2.24, 2.45) is 0 Å². The highest BCUT2D eigenvalue weighted by Gasteiger charge is 2.30. The normalized spacial score (nSPS) is 14.4. The van der Waals surface area contributed by atoms with Crippen LogP contribution < -0.4 is 10.8 Å². The Morgan fingerprint density at radius 1 is 0.894 bits per heavy atom. The molecular formula is C34H63N6O5PS. The number of hydrogen-bond acceptors (Lipinski definition) is 10. The van der Waals surface area contributed by atoms with Crippen molar-refractivity contribution in [3.63, 3.8) is 0 Å². The monoisotopic (exact) mass is 698 g/mol. The highest BCUT2D eigenvalue weighted by molar-refractivity contribution is 7.99. The van der Waals surface area contributed by atoms with Gasteiger partial charge in [0, 0.05) is 0 Å². The molecule has 47 heavy (non-hydrogen) atoms. The molecule has 0 amide bonds. The summed E-state index contributed by atoms with van der Waals surface area (Å²) in [4.78, 5) is 25.0. The molecule has 2 aromatic heterocycles. The number of carbonyl (C=O) groups excluding carboxylic acids is 1. The fourth-order valence-corrected chi connectivity index (χ4v) is 7.98. The number of nitrogen functional groups attached to an aromatic ring is 1. The van der Waals surface area contributed by atoms with Gasteiger partial charge in [0.05, 0.1) is 31.7 Å². The van der Waals surface area contributed by atoms with Crippen LogP contribution >= 0.6 is 19.3 Å². The third kappa shape index (κ3) is 18.0. The first kappa shape index (κ1) is 41.5. The van der Waals surface area contributed by atoms with Gasteiger partial charge in [0.1, 0.15) is 24.2 Å². The van der Waals surface area contributed by atoms with E-state index < -0.39 is 19.5 Å². The van der Waals surface area contributed by atoms with Gasteiger partial charge in [-0.3, -0.25) is 9.36 Å². The highest BCUT2D eigenvalue weighted by atomic mass is 32.2. The molecule has 0 aliphatic carbocycles. The van der Waals surface area contributed by atoms with Crippen LogP contribution in [0.2, 0.25) is 0 Å². The molecule has 0 aromatic carbocycles. The summed E-state index contributed by atoms with van der Waals surface area (Å²) >= 11 is 1.91. The number of nitrogens with zero attached hydrogens (tertiary/aromatic N) is 4. The van der Waals surface area contributed by atoms with Crippen LogP contribution in [0, 0.1) is 0 Å². The lowest BCUT2D eigenvalue weighted by atomic mass is 10.0. The van der Waals surface area contributed by atoms with E-state index in [4.69, 9.17) is 19.7 Å². The molecule has 0 aliphatic heterocycles. The fraction of sp³-hybridized carbons (Fsp3) is 0.824. The van der Waals surface area contributed by atoms with Crippen LogP contribution in [0.5, 0.6) is 0 Å². The van der Waals surface area contributed by atoms with E-state index in [1.807, 2.05) is 23.3 Å². The average Bonchev–Trinajstić information content (AvgIpc) is 3.44. The van der Waals surface area contributed by atoms with Crippen molar-refractivity contribution in [3.05, 3.63) is 12.7 Å². The smallest absolute Gasteiger partial charge is 0.323 e. The van der Waals surface area contributed by atoms with E-state index in [9.17, 15) is 9.36 Å². The second-order valence-corrected chi connectivity index (χ2v) is 16.2. The molecule has 0 aliphatic rings. The number of anilines is 1. The number of thioether (sulfide) groups is 1. The second-order valence-electron chi connectivity index (χ2n) is 12.8. The summed E-state index contributed by atoms with van der Waals surface area (Å²) in [6.07, 6.45) is 22.1. The Morgan fingerprint density at radius 2 is 1.49 bits per heavy atom. The molecule has 0 bridgehead atoms. The SMILES string of the molecule is CCCCCCCCCCCCCCCCSCCCO[P@@](=O)(CO[C@H](C)Cn1cnc2c(N)ncnc21)N[C@@H](C)C(=O)OC(C)C. The van der Waals surface area contributed by atoms with E-state index in [1.165, 1.54) is 96.2 Å². The number of fused-ring (bicyclic) bond motifs is 1. The van der Waals surface area contributed by atoms with Crippen LogP contribution in [-0.4, -0.2) is 68.2 Å². The van der Waals surface area contributed by atoms with Crippen molar-refractivity contribution in [1.82, 2.24) is 24.6 Å². The minimum Gasteiger partial charge on any atom is -0.462 e. The summed E-state index contributed by atoms with van der Waals surface area (Å²) in [7, 11) is -3.52. The predicted molar refractivity (Wildman–Crippen MR) is 195 cm³/mol. The van der Waals surface area contributed by atoms with Crippen LogP contribution in [0.3, 0.4) is 0 Å². The highest BCUT2D eigenvalue weighted by Crippen LogP contribution is 2.43. The maximum absolute atomic E-state index is 13.8. The molecule has 0 fully saturated rings. The largest absolute Gasteiger partial charge is 0.462 e. The number of imidazole rings is 1. The zero-order valence-electron chi connectivity index (χ0n) is 29.8. The lowest BCUT2D eigenvalue weighted by Crippen LogP contribution is -2.36. The molecule has 3 atom stereocenters. The zero-order valence-corrected chi connectivity index (χ0v) is 31.5. The first-order valence-corrected chi connectivity index (χ1v) is 20.9. The third-order valence-electron chi connectivity index (χ3n) is 7.88. The number of esters is 1. The molecule has 270 valence electrons. The Hall–Kier alpha value is -1.72. The first-order valence-electron chi connectivity index (χ1n) is 18.0. The molecule has 0 saturated carbocycles. The summed E-state index contributed by atoms with van der Waals surface area (Å²) in [6, 6.07) is -0.811. The molecule has 0 spiro atoms. The van der Waals surface area contributed by atoms with Gasteiger partial charge in [-0.2, -0.15) is 11.8 Å². The van der Waals surface area contributed by atoms with Crippen LogP contribution in [0.15, 0.2) is 12.7 Å². The maximum atomic E-state index is 13.8. The minimum absolute atomic E-state index is 0.191. The van der Waals surface area contributed by atoms with Crippen molar-refractivity contribution in [2.75, 3.05) is 30.2 Å². The average molecular weight is 699 g/mol. The molecule has 11 nitrogen and oxygen atoms in total. The summed E-state index contributed by atoms with van der Waals surface area (Å²) < 4.78 is 32.8. The lowest BCUT2D eigenvalue weighted by molar-refractivity contribution is -0.149. The quantitative estimate of drug-likeness (QED) is 0.0479. The topological polar surface area (TPSA) is 143 Å². The van der Waals surface area contributed by atoms with Gasteiger partial charge in [0.25, 0.3) is 7.52 Å². The van der Waals surface area contributed by atoms with Crippen molar-refractivity contribution >= 4 is 42.2 Å². The number of aromatic nitrogens is 4. The summed E-state index contributed by atoms with van der Waals surface area (Å²) in [5, 5.41) is 2.88. The predicted octanol–water partition coefficient (Wildman–Crippen LogP) is 8.52. The molecule has 3 N–H and O–H groups in total. The zero-order chi connectivity index (χ0) is 34.3. The van der Waals surface area contributed by atoms with Gasteiger partial charge >= 0.3 is 5.97 Å². The summed E-state index contributed by atoms with van der Waals surface area (Å²) in [5.41, 5.74) is 7.02. The number of rotatable bonds is 29. The Labute approximate surface area is 288 Å². The Morgan fingerprint density at radius 3 is 2.11 bits per heavy atom. The number of ether oxygens (including phenoxy) is 2. The van der Waals surface area contributed by atoms with Crippen molar-refractivity contribution in [3.8, 4) is 0 Å². The van der Waals surface area contributed by atoms with Crippen LogP contribution in [0.1, 0.15) is 131 Å². The molecule has 0 saturated heterocycles. The van der Waals surface area contributed by atoms with Gasteiger partial charge in [-0.1, -0.05) is 90.4 Å². The molecule has 2 heterocycles. The van der Waals surface area contributed by atoms with Gasteiger partial charge in [0.2, 0.25) is 0 Å². The van der Waals surface area contributed by atoms with E-state index in [2.05, 4.69) is 27.0 Å². The molecule has 0 unspecified atom stereocenters. The Bertz CT molecular complexity index is 1170. The number of carbonyl (C=O) groups is 1. The van der Waals surface area contributed by atoms with Crippen LogP contribution in [0.4, 0.5) is 5.82 Å². The minimum atomic E-state index is -3.52. The van der Waals surface area contributed by atoms with Crippen molar-refractivity contribution in [2.45, 2.75) is 156 Å². The van der Waals surface area contributed by atoms with Gasteiger partial charge in [-0.15, -0.1) is 0 Å². The van der Waals surface area contributed by atoms with Gasteiger partial charge < -0.3 is 24.3 Å². The third-order valence-corrected chi connectivity index (χ3v) is 10.9. The van der Waals surface area contributed by atoms with Crippen LogP contribution in [-0.2, 0) is 29.9 Å². The van der Waals surface area contributed by atoms with Gasteiger partial charge in [-0.05, 0) is 52.0 Å². The van der Waals surface area contributed by atoms with E-state index in [0.717, 1.165) is 17.9 Å². The van der Waals surface area contributed by atoms with E-state index in [-0.39, 0.29) is 18.6 Å². The van der Waals surface area contributed by atoms with Crippen LogP contribution in [0.25, 0.3) is 11.2 Å². The number of nitrogens with two attached hydrogens (primary N) is 1. The summed E-state index contributed by atoms with van der Waals surface area (Å²) in [5.74, 6) is 1.89. The van der Waals surface area contributed by atoms with E-state index in [1.54, 1.807) is 27.1 Å². The Kier molecular flexibility index (Phi) is 21.5. The molecule has 2 rings (SSSR count). The first-order chi connectivity index (χ1) is 22.6. The van der Waals surface area contributed by atoms with E-state index >= 15 is 0 Å².